The second-order valence-electron chi connectivity index (χ2n) is 3.27. The normalized spacial score (nSPS) is 10.2. The first-order valence-electron chi connectivity index (χ1n) is 4.82. The number of hydrogen-bond donors (Lipinski definition) is 0. The fourth-order valence-electron chi connectivity index (χ4n) is 1.24. The first kappa shape index (κ1) is 12.1. The predicted molar refractivity (Wildman–Crippen MR) is 65.6 cm³/mol. The molecule has 1 aromatic carbocycles. The number of carbonyl (C=O) groups is 1. The summed E-state index contributed by atoms with van der Waals surface area (Å²) >= 11 is 6.91. The van der Waals surface area contributed by atoms with Crippen LogP contribution in [0.4, 0.5) is 4.39 Å². The standard InChI is InChI=1S/C12H8ClFO2S/c13-12-5-4-11(17-12)10(15)7-16-9-3-1-2-8(14)6-9/h1-6H,7H2. The van der Waals surface area contributed by atoms with Crippen molar-refractivity contribution < 1.29 is 13.9 Å². The minimum Gasteiger partial charge on any atom is -0.485 e. The summed E-state index contributed by atoms with van der Waals surface area (Å²) in [7, 11) is 0. The lowest BCUT2D eigenvalue weighted by atomic mass is 10.3. The van der Waals surface area contributed by atoms with Crippen molar-refractivity contribution >= 4 is 28.7 Å². The van der Waals surface area contributed by atoms with Gasteiger partial charge in [-0.15, -0.1) is 11.3 Å². The largest absolute Gasteiger partial charge is 0.485 e. The minimum atomic E-state index is -0.394. The zero-order valence-electron chi connectivity index (χ0n) is 8.65. The average Bonchev–Trinajstić information content (AvgIpc) is 2.73. The Hall–Kier alpha value is -1.39. The van der Waals surface area contributed by atoms with E-state index < -0.39 is 5.82 Å². The molecule has 0 amide bonds. The van der Waals surface area contributed by atoms with E-state index in [4.69, 9.17) is 16.3 Å². The van der Waals surface area contributed by atoms with Gasteiger partial charge in [0.1, 0.15) is 11.6 Å². The second-order valence-corrected chi connectivity index (χ2v) is 4.99. The monoisotopic (exact) mass is 270 g/mol. The van der Waals surface area contributed by atoms with Crippen LogP contribution in [0.5, 0.6) is 5.75 Å². The van der Waals surface area contributed by atoms with Crippen LogP contribution in [0.2, 0.25) is 4.34 Å². The Kier molecular flexibility index (Phi) is 3.76. The summed E-state index contributed by atoms with van der Waals surface area (Å²) in [4.78, 5) is 12.2. The quantitative estimate of drug-likeness (QED) is 0.790. The summed E-state index contributed by atoms with van der Waals surface area (Å²) in [6.45, 7) is -0.125. The number of benzene rings is 1. The zero-order valence-corrected chi connectivity index (χ0v) is 10.2. The molecule has 5 heteroatoms. The van der Waals surface area contributed by atoms with Gasteiger partial charge >= 0.3 is 0 Å². The number of thiophene rings is 1. The molecule has 2 nitrogen and oxygen atoms in total. The van der Waals surface area contributed by atoms with Crippen LogP contribution in [0, 0.1) is 5.82 Å². The van der Waals surface area contributed by atoms with Crippen LogP contribution in [0.3, 0.4) is 0 Å². The summed E-state index contributed by atoms with van der Waals surface area (Å²) < 4.78 is 18.6. The van der Waals surface area contributed by atoms with E-state index in [0.29, 0.717) is 15.0 Å². The Morgan fingerprint density at radius 2 is 2.18 bits per heavy atom. The van der Waals surface area contributed by atoms with Crippen molar-refractivity contribution in [2.24, 2.45) is 0 Å². The van der Waals surface area contributed by atoms with Gasteiger partial charge in [-0.2, -0.15) is 0 Å². The number of ketones is 1. The maximum absolute atomic E-state index is 12.8. The maximum atomic E-state index is 12.8. The second kappa shape index (κ2) is 5.29. The molecule has 1 aromatic heterocycles. The molecule has 2 aromatic rings. The minimum absolute atomic E-state index is 0.125. The van der Waals surface area contributed by atoms with Gasteiger partial charge < -0.3 is 4.74 Å². The lowest BCUT2D eigenvalue weighted by Crippen LogP contribution is -2.10. The van der Waals surface area contributed by atoms with E-state index in [2.05, 4.69) is 0 Å². The van der Waals surface area contributed by atoms with E-state index >= 15 is 0 Å². The maximum Gasteiger partial charge on any atom is 0.210 e. The first-order valence-corrected chi connectivity index (χ1v) is 6.01. The Bertz CT molecular complexity index is 539. The number of hydrogen-bond acceptors (Lipinski definition) is 3. The summed E-state index contributed by atoms with van der Waals surface area (Å²) in [5, 5.41) is 0. The SMILES string of the molecule is O=C(COc1cccc(F)c1)c1ccc(Cl)s1. The molecule has 0 aliphatic heterocycles. The van der Waals surface area contributed by atoms with Gasteiger partial charge in [0.25, 0.3) is 0 Å². The van der Waals surface area contributed by atoms with Gasteiger partial charge in [0, 0.05) is 6.07 Å². The van der Waals surface area contributed by atoms with Gasteiger partial charge in [0.15, 0.2) is 6.61 Å². The van der Waals surface area contributed by atoms with E-state index in [1.807, 2.05) is 0 Å². The number of rotatable bonds is 4. The van der Waals surface area contributed by atoms with Crippen molar-refractivity contribution in [1.82, 2.24) is 0 Å². The highest BCUT2D eigenvalue weighted by atomic mass is 35.5. The van der Waals surface area contributed by atoms with E-state index in [0.717, 1.165) is 0 Å². The van der Waals surface area contributed by atoms with Crippen LogP contribution < -0.4 is 4.74 Å². The van der Waals surface area contributed by atoms with Crippen molar-refractivity contribution in [2.75, 3.05) is 6.61 Å². The van der Waals surface area contributed by atoms with Gasteiger partial charge in [-0.05, 0) is 24.3 Å². The molecule has 2 rings (SSSR count). The third-order valence-corrected chi connectivity index (χ3v) is 3.29. The molecule has 17 heavy (non-hydrogen) atoms. The van der Waals surface area contributed by atoms with Crippen molar-refractivity contribution in [2.45, 2.75) is 0 Å². The molecule has 0 radical (unpaired) electrons. The van der Waals surface area contributed by atoms with Gasteiger partial charge in [-0.25, -0.2) is 4.39 Å². The van der Waals surface area contributed by atoms with Crippen molar-refractivity contribution in [3.05, 3.63) is 51.4 Å². The molecule has 88 valence electrons. The molecule has 0 atom stereocenters. The van der Waals surface area contributed by atoms with Gasteiger partial charge in [0.2, 0.25) is 5.78 Å². The van der Waals surface area contributed by atoms with Crippen molar-refractivity contribution in [3.63, 3.8) is 0 Å². The molecule has 0 saturated carbocycles. The third kappa shape index (κ3) is 3.28. The summed E-state index contributed by atoms with van der Waals surface area (Å²) in [6, 6.07) is 8.96. The zero-order chi connectivity index (χ0) is 12.3. The molecule has 0 spiro atoms. The van der Waals surface area contributed by atoms with Crippen LogP contribution in [-0.4, -0.2) is 12.4 Å². The number of carbonyl (C=O) groups excluding carboxylic acids is 1. The number of ether oxygens (including phenoxy) is 1. The van der Waals surface area contributed by atoms with Crippen LogP contribution >= 0.6 is 22.9 Å². The van der Waals surface area contributed by atoms with Crippen molar-refractivity contribution in [3.8, 4) is 5.75 Å². The molecule has 0 bridgehead atoms. The van der Waals surface area contributed by atoms with Crippen LogP contribution in [0.1, 0.15) is 9.67 Å². The van der Waals surface area contributed by atoms with Crippen LogP contribution in [-0.2, 0) is 0 Å². The molecule has 0 unspecified atom stereocenters. The van der Waals surface area contributed by atoms with E-state index in [1.165, 1.54) is 29.5 Å². The van der Waals surface area contributed by atoms with Crippen LogP contribution in [0.25, 0.3) is 0 Å². The highest BCUT2D eigenvalue weighted by Gasteiger charge is 2.09. The van der Waals surface area contributed by atoms with E-state index in [-0.39, 0.29) is 12.4 Å². The lowest BCUT2D eigenvalue weighted by molar-refractivity contribution is 0.0925. The first-order chi connectivity index (χ1) is 8.15. The summed E-state index contributed by atoms with van der Waals surface area (Å²) in [5.74, 6) is -0.235. The lowest BCUT2D eigenvalue weighted by Gasteiger charge is -2.03. The molecular formula is C12H8ClFO2S. The molecule has 0 N–H and O–H groups in total. The van der Waals surface area contributed by atoms with Gasteiger partial charge in [0.05, 0.1) is 9.21 Å². The molecule has 1 heterocycles. The Morgan fingerprint density at radius 1 is 1.35 bits per heavy atom. The molecular weight excluding hydrogens is 263 g/mol. The topological polar surface area (TPSA) is 26.3 Å². The third-order valence-electron chi connectivity index (χ3n) is 2.01. The summed E-state index contributed by atoms with van der Waals surface area (Å²) in [5.41, 5.74) is 0. The highest BCUT2D eigenvalue weighted by molar-refractivity contribution is 7.18. The van der Waals surface area contributed by atoms with Gasteiger partial charge in [-0.1, -0.05) is 17.7 Å². The smallest absolute Gasteiger partial charge is 0.210 e. The molecule has 0 aliphatic carbocycles. The Labute approximate surface area is 107 Å². The average molecular weight is 271 g/mol. The number of Topliss-reactive ketones (excluding diaryl/α,β-unsaturated/α-hetero) is 1. The number of halogens is 2. The fourth-order valence-corrected chi connectivity index (χ4v) is 2.21. The highest BCUT2D eigenvalue weighted by Crippen LogP contribution is 2.22. The summed E-state index contributed by atoms with van der Waals surface area (Å²) in [6.07, 6.45) is 0. The molecule has 0 fully saturated rings. The predicted octanol–water partition coefficient (Wildman–Crippen LogP) is 3.80. The van der Waals surface area contributed by atoms with E-state index in [1.54, 1.807) is 18.2 Å². The van der Waals surface area contributed by atoms with Gasteiger partial charge in [-0.3, -0.25) is 4.79 Å². The van der Waals surface area contributed by atoms with Crippen molar-refractivity contribution in [1.29, 1.82) is 0 Å². The molecule has 0 saturated heterocycles. The Morgan fingerprint density at radius 3 is 2.82 bits per heavy atom. The van der Waals surface area contributed by atoms with Crippen LogP contribution in [0.15, 0.2) is 36.4 Å². The fraction of sp³-hybridized carbons (Fsp3) is 0.0833. The Balaban J connectivity index is 1.97. The van der Waals surface area contributed by atoms with E-state index in [9.17, 15) is 9.18 Å². The molecule has 0 aliphatic rings.